The van der Waals surface area contributed by atoms with Crippen LogP contribution in [0, 0.1) is 0 Å². The van der Waals surface area contributed by atoms with Crippen LogP contribution < -0.4 is 9.44 Å². The second-order valence-electron chi connectivity index (χ2n) is 5.43. The summed E-state index contributed by atoms with van der Waals surface area (Å²) in [4.78, 5) is 0. The van der Waals surface area contributed by atoms with Gasteiger partial charge in [-0.15, -0.1) is 0 Å². The van der Waals surface area contributed by atoms with Gasteiger partial charge in [0.1, 0.15) is 0 Å². The molecule has 0 bridgehead atoms. The number of nitrogens with one attached hydrogen (secondary N) is 2. The third kappa shape index (κ3) is 8.39. The number of hydrogen-bond acceptors (Lipinski definition) is 6. The van der Waals surface area contributed by atoms with Gasteiger partial charge in [-0.2, -0.15) is 0 Å². The minimum absolute atomic E-state index is 0.0790. The standard InChI is InChI=1S/C12H26N2O6S2/c1-19-7-8-20-9-10-22(17,18)14-12-6-4-3-5-11(12)13-21(2,15)16/h11-14H,3-10H2,1-2H3. The first-order chi connectivity index (χ1) is 10.2. The van der Waals surface area contributed by atoms with Crippen LogP contribution in [-0.2, 0) is 29.5 Å². The Morgan fingerprint density at radius 1 is 0.955 bits per heavy atom. The second kappa shape index (κ2) is 9.14. The van der Waals surface area contributed by atoms with Crippen molar-refractivity contribution in [2.75, 3.05) is 38.9 Å². The summed E-state index contributed by atoms with van der Waals surface area (Å²) in [6.07, 6.45) is 4.09. The highest BCUT2D eigenvalue weighted by Gasteiger charge is 2.30. The van der Waals surface area contributed by atoms with Gasteiger partial charge < -0.3 is 9.47 Å². The first-order valence-electron chi connectivity index (χ1n) is 7.27. The van der Waals surface area contributed by atoms with Gasteiger partial charge in [-0.05, 0) is 12.8 Å². The van der Waals surface area contributed by atoms with E-state index in [1.807, 2.05) is 0 Å². The van der Waals surface area contributed by atoms with Crippen LogP contribution in [0.2, 0.25) is 0 Å². The van der Waals surface area contributed by atoms with Crippen LogP contribution in [0.3, 0.4) is 0 Å². The van der Waals surface area contributed by atoms with Crippen molar-refractivity contribution in [1.82, 2.24) is 9.44 Å². The Morgan fingerprint density at radius 3 is 2.09 bits per heavy atom. The molecular weight excluding hydrogens is 332 g/mol. The molecule has 2 N–H and O–H groups in total. The van der Waals surface area contributed by atoms with Crippen LogP contribution in [0.15, 0.2) is 0 Å². The highest BCUT2D eigenvalue weighted by Crippen LogP contribution is 2.20. The molecule has 0 aliphatic heterocycles. The van der Waals surface area contributed by atoms with Crippen molar-refractivity contribution < 1.29 is 26.3 Å². The maximum atomic E-state index is 12.0. The molecule has 2 unspecified atom stereocenters. The van der Waals surface area contributed by atoms with Gasteiger partial charge in [-0.25, -0.2) is 26.3 Å². The molecule has 0 spiro atoms. The molecule has 0 radical (unpaired) electrons. The van der Waals surface area contributed by atoms with Crippen LogP contribution in [0.4, 0.5) is 0 Å². The Hall–Kier alpha value is -0.260. The normalized spacial score (nSPS) is 23.5. The van der Waals surface area contributed by atoms with Crippen molar-refractivity contribution >= 4 is 20.0 Å². The summed E-state index contributed by atoms with van der Waals surface area (Å²) in [7, 11) is -5.33. The first kappa shape index (κ1) is 19.8. The summed E-state index contributed by atoms with van der Waals surface area (Å²) in [6, 6.07) is -0.805. The SMILES string of the molecule is COCCOCCS(=O)(=O)NC1CCCCC1NS(C)(=O)=O. The summed E-state index contributed by atoms with van der Waals surface area (Å²) in [5.41, 5.74) is 0. The van der Waals surface area contributed by atoms with Crippen LogP contribution >= 0.6 is 0 Å². The molecule has 0 aromatic rings. The number of rotatable bonds is 10. The summed E-state index contributed by atoms with van der Waals surface area (Å²) in [5, 5.41) is 0. The van der Waals surface area contributed by atoms with E-state index in [1.165, 1.54) is 0 Å². The van der Waals surface area contributed by atoms with Gasteiger partial charge in [0.15, 0.2) is 0 Å². The largest absolute Gasteiger partial charge is 0.382 e. The molecular formula is C12H26N2O6S2. The number of sulfonamides is 2. The molecule has 22 heavy (non-hydrogen) atoms. The lowest BCUT2D eigenvalue weighted by Crippen LogP contribution is -2.53. The van der Waals surface area contributed by atoms with E-state index < -0.39 is 32.1 Å². The van der Waals surface area contributed by atoms with Gasteiger partial charge in [-0.3, -0.25) is 0 Å². The van der Waals surface area contributed by atoms with Gasteiger partial charge in [0, 0.05) is 19.2 Å². The zero-order valence-electron chi connectivity index (χ0n) is 13.1. The zero-order chi connectivity index (χ0) is 16.6. The third-order valence-corrected chi connectivity index (χ3v) is 5.49. The van der Waals surface area contributed by atoms with Gasteiger partial charge >= 0.3 is 0 Å². The maximum Gasteiger partial charge on any atom is 0.214 e. The fraction of sp³-hybridized carbons (Fsp3) is 1.00. The predicted octanol–water partition coefficient (Wildman–Crippen LogP) is -0.571. The zero-order valence-corrected chi connectivity index (χ0v) is 14.7. The fourth-order valence-corrected chi connectivity index (χ4v) is 4.42. The second-order valence-corrected chi connectivity index (χ2v) is 9.08. The van der Waals surface area contributed by atoms with E-state index in [4.69, 9.17) is 9.47 Å². The lowest BCUT2D eigenvalue weighted by Gasteiger charge is -2.31. The lowest BCUT2D eigenvalue weighted by molar-refractivity contribution is 0.0784. The van der Waals surface area contributed by atoms with Gasteiger partial charge in [-0.1, -0.05) is 12.8 Å². The number of ether oxygens (including phenoxy) is 2. The monoisotopic (exact) mass is 358 g/mol. The topological polar surface area (TPSA) is 111 Å². The molecule has 1 aliphatic rings. The molecule has 1 aliphatic carbocycles. The smallest absolute Gasteiger partial charge is 0.214 e. The Morgan fingerprint density at radius 2 is 1.55 bits per heavy atom. The van der Waals surface area contributed by atoms with E-state index in [2.05, 4.69) is 9.44 Å². The molecule has 1 rings (SSSR count). The van der Waals surface area contributed by atoms with Crippen molar-refractivity contribution in [2.24, 2.45) is 0 Å². The summed E-state index contributed by atoms with van der Waals surface area (Å²) in [5.74, 6) is -0.154. The Labute approximate surface area is 133 Å². The molecule has 2 atom stereocenters. The van der Waals surface area contributed by atoms with Crippen molar-refractivity contribution in [3.63, 3.8) is 0 Å². The average molecular weight is 358 g/mol. The Bertz CT molecular complexity index is 520. The minimum atomic E-state index is -3.51. The van der Waals surface area contributed by atoms with E-state index in [0.717, 1.165) is 19.1 Å². The van der Waals surface area contributed by atoms with E-state index in [9.17, 15) is 16.8 Å². The third-order valence-electron chi connectivity index (χ3n) is 3.39. The lowest BCUT2D eigenvalue weighted by atomic mass is 9.92. The van der Waals surface area contributed by atoms with Crippen LogP contribution in [0.1, 0.15) is 25.7 Å². The molecule has 0 aromatic heterocycles. The van der Waals surface area contributed by atoms with Crippen molar-refractivity contribution in [2.45, 2.75) is 37.8 Å². The van der Waals surface area contributed by atoms with Crippen LogP contribution in [0.25, 0.3) is 0 Å². The molecule has 8 nitrogen and oxygen atoms in total. The quantitative estimate of drug-likeness (QED) is 0.506. The maximum absolute atomic E-state index is 12.0. The highest BCUT2D eigenvalue weighted by molar-refractivity contribution is 7.89. The van der Waals surface area contributed by atoms with Crippen molar-refractivity contribution in [3.8, 4) is 0 Å². The fourth-order valence-electron chi connectivity index (χ4n) is 2.39. The molecule has 1 fully saturated rings. The summed E-state index contributed by atoms with van der Waals surface area (Å²) in [6.45, 7) is 0.833. The highest BCUT2D eigenvalue weighted by atomic mass is 32.2. The van der Waals surface area contributed by atoms with Crippen LogP contribution in [-0.4, -0.2) is 67.9 Å². The first-order valence-corrected chi connectivity index (χ1v) is 10.8. The number of methoxy groups -OCH3 is 1. The Kier molecular flexibility index (Phi) is 8.22. The average Bonchev–Trinajstić information content (AvgIpc) is 2.39. The number of hydrogen-bond donors (Lipinski definition) is 2. The van der Waals surface area contributed by atoms with E-state index >= 15 is 0 Å². The van der Waals surface area contributed by atoms with Gasteiger partial charge in [0.25, 0.3) is 0 Å². The molecule has 1 saturated carbocycles. The minimum Gasteiger partial charge on any atom is -0.382 e. The molecule has 132 valence electrons. The van der Waals surface area contributed by atoms with Crippen LogP contribution in [0.5, 0.6) is 0 Å². The molecule has 0 saturated heterocycles. The Balaban J connectivity index is 2.50. The predicted molar refractivity (Wildman–Crippen MR) is 83.6 cm³/mol. The molecule has 0 aromatic carbocycles. The van der Waals surface area contributed by atoms with Crippen molar-refractivity contribution in [3.05, 3.63) is 0 Å². The van der Waals surface area contributed by atoms with Gasteiger partial charge in [0.05, 0.1) is 31.8 Å². The van der Waals surface area contributed by atoms with E-state index in [1.54, 1.807) is 7.11 Å². The summed E-state index contributed by atoms with van der Waals surface area (Å²) < 4.78 is 61.9. The van der Waals surface area contributed by atoms with E-state index in [-0.39, 0.29) is 12.4 Å². The summed E-state index contributed by atoms with van der Waals surface area (Å²) >= 11 is 0. The van der Waals surface area contributed by atoms with Gasteiger partial charge in [0.2, 0.25) is 20.0 Å². The molecule has 0 amide bonds. The molecule has 10 heteroatoms. The van der Waals surface area contributed by atoms with Crippen molar-refractivity contribution in [1.29, 1.82) is 0 Å². The van der Waals surface area contributed by atoms with E-state index in [0.29, 0.717) is 26.1 Å². The molecule has 0 heterocycles.